The maximum absolute atomic E-state index is 4.61. The minimum Gasteiger partial charge on any atom is -0.357 e. The van der Waals surface area contributed by atoms with Crippen LogP contribution in [-0.2, 0) is 6.54 Å². The van der Waals surface area contributed by atoms with Gasteiger partial charge in [-0.15, -0.1) is 0 Å². The Bertz CT molecular complexity index is 373. The number of nitrogens with one attached hydrogen (secondary N) is 2. The number of aliphatic imine (C=N–C) groups is 1. The molecule has 4 nitrogen and oxygen atoms in total. The zero-order chi connectivity index (χ0) is 14.8. The third-order valence-electron chi connectivity index (χ3n) is 3.17. The van der Waals surface area contributed by atoms with Crippen molar-refractivity contribution in [3.05, 3.63) is 22.4 Å². The molecule has 0 aliphatic carbocycles. The van der Waals surface area contributed by atoms with Crippen LogP contribution in [0.5, 0.6) is 0 Å². The van der Waals surface area contributed by atoms with Crippen LogP contribution in [0.2, 0.25) is 0 Å². The van der Waals surface area contributed by atoms with Gasteiger partial charge < -0.3 is 10.6 Å². The number of hydrogen-bond donors (Lipinski definition) is 2. The van der Waals surface area contributed by atoms with Crippen molar-refractivity contribution in [1.82, 2.24) is 15.5 Å². The summed E-state index contributed by atoms with van der Waals surface area (Å²) in [5.41, 5.74) is 1.27. The Morgan fingerprint density at radius 2 is 2.15 bits per heavy atom. The molecule has 2 N–H and O–H groups in total. The topological polar surface area (TPSA) is 39.7 Å². The fraction of sp³-hybridized carbons (Fsp3) is 0.667. The fourth-order valence-electron chi connectivity index (χ4n) is 1.99. The van der Waals surface area contributed by atoms with Gasteiger partial charge in [-0.1, -0.05) is 6.92 Å². The number of thiophene rings is 1. The molecule has 0 atom stereocenters. The highest BCUT2D eigenvalue weighted by Gasteiger charge is 2.06. The second-order valence-corrected chi connectivity index (χ2v) is 5.76. The summed E-state index contributed by atoms with van der Waals surface area (Å²) in [5, 5.41) is 10.9. The molecule has 0 spiro atoms. The van der Waals surface area contributed by atoms with Crippen LogP contribution in [0.1, 0.15) is 33.3 Å². The average Bonchev–Trinajstić information content (AvgIpc) is 2.93. The summed E-state index contributed by atoms with van der Waals surface area (Å²) in [6, 6.07) is 2.71. The third-order valence-corrected chi connectivity index (χ3v) is 3.90. The molecule has 114 valence electrons. The SMILES string of the molecule is CCNC(=NCc1ccsc1)NCCN(CC)C(C)C. The maximum Gasteiger partial charge on any atom is 0.191 e. The molecule has 0 aromatic carbocycles. The molecule has 0 saturated heterocycles. The van der Waals surface area contributed by atoms with E-state index in [0.717, 1.165) is 38.7 Å². The summed E-state index contributed by atoms with van der Waals surface area (Å²) in [6.07, 6.45) is 0. The van der Waals surface area contributed by atoms with Crippen molar-refractivity contribution >= 4 is 17.3 Å². The molecule has 0 amide bonds. The smallest absolute Gasteiger partial charge is 0.191 e. The summed E-state index contributed by atoms with van der Waals surface area (Å²) in [7, 11) is 0. The zero-order valence-electron chi connectivity index (χ0n) is 13.1. The molecule has 1 heterocycles. The minimum absolute atomic E-state index is 0.590. The quantitative estimate of drug-likeness (QED) is 0.572. The highest BCUT2D eigenvalue weighted by molar-refractivity contribution is 7.07. The van der Waals surface area contributed by atoms with Gasteiger partial charge in [0.25, 0.3) is 0 Å². The fourth-order valence-corrected chi connectivity index (χ4v) is 2.65. The number of guanidine groups is 1. The van der Waals surface area contributed by atoms with Gasteiger partial charge in [-0.05, 0) is 49.7 Å². The highest BCUT2D eigenvalue weighted by atomic mass is 32.1. The summed E-state index contributed by atoms with van der Waals surface area (Å²) >= 11 is 1.72. The van der Waals surface area contributed by atoms with Crippen LogP contribution in [0.3, 0.4) is 0 Å². The van der Waals surface area contributed by atoms with Crippen LogP contribution in [0.4, 0.5) is 0 Å². The lowest BCUT2D eigenvalue weighted by atomic mass is 10.3. The van der Waals surface area contributed by atoms with Gasteiger partial charge in [0.2, 0.25) is 0 Å². The molecule has 1 rings (SSSR count). The monoisotopic (exact) mass is 296 g/mol. The van der Waals surface area contributed by atoms with Crippen molar-refractivity contribution in [3.63, 3.8) is 0 Å². The molecule has 20 heavy (non-hydrogen) atoms. The van der Waals surface area contributed by atoms with Gasteiger partial charge in [0.05, 0.1) is 6.54 Å². The number of likely N-dealkylation sites (N-methyl/N-ethyl adjacent to an activating group) is 1. The van der Waals surface area contributed by atoms with E-state index in [9.17, 15) is 0 Å². The second-order valence-electron chi connectivity index (χ2n) is 4.98. The Kier molecular flexibility index (Phi) is 8.30. The number of nitrogens with zero attached hydrogens (tertiary/aromatic N) is 2. The number of hydrogen-bond acceptors (Lipinski definition) is 3. The van der Waals surface area contributed by atoms with E-state index >= 15 is 0 Å². The van der Waals surface area contributed by atoms with Crippen molar-refractivity contribution in [2.75, 3.05) is 26.2 Å². The first kappa shape index (κ1) is 17.0. The summed E-state index contributed by atoms with van der Waals surface area (Å²) < 4.78 is 0. The van der Waals surface area contributed by atoms with E-state index in [0.29, 0.717) is 6.04 Å². The maximum atomic E-state index is 4.61. The van der Waals surface area contributed by atoms with Crippen molar-refractivity contribution in [1.29, 1.82) is 0 Å². The average molecular weight is 296 g/mol. The van der Waals surface area contributed by atoms with E-state index in [1.165, 1.54) is 5.56 Å². The molecule has 1 aromatic heterocycles. The molecule has 0 bridgehead atoms. The summed E-state index contributed by atoms with van der Waals surface area (Å²) in [5.74, 6) is 0.901. The van der Waals surface area contributed by atoms with Crippen LogP contribution in [-0.4, -0.2) is 43.1 Å². The van der Waals surface area contributed by atoms with E-state index in [4.69, 9.17) is 0 Å². The van der Waals surface area contributed by atoms with E-state index in [1.54, 1.807) is 11.3 Å². The lowest BCUT2D eigenvalue weighted by Crippen LogP contribution is -2.43. The molecule has 0 fully saturated rings. The molecule has 5 heteroatoms. The van der Waals surface area contributed by atoms with E-state index in [-0.39, 0.29) is 0 Å². The Balaban J connectivity index is 2.40. The third kappa shape index (κ3) is 6.39. The van der Waals surface area contributed by atoms with Crippen LogP contribution in [0.25, 0.3) is 0 Å². The molecule has 0 radical (unpaired) electrons. The number of rotatable bonds is 8. The Morgan fingerprint density at radius 3 is 2.70 bits per heavy atom. The van der Waals surface area contributed by atoms with E-state index in [1.807, 2.05) is 0 Å². The van der Waals surface area contributed by atoms with Gasteiger partial charge in [0.15, 0.2) is 5.96 Å². The minimum atomic E-state index is 0.590. The molecule has 1 aromatic rings. The van der Waals surface area contributed by atoms with Gasteiger partial charge >= 0.3 is 0 Å². The Hall–Kier alpha value is -1.07. The van der Waals surface area contributed by atoms with Crippen molar-refractivity contribution in [2.45, 2.75) is 40.3 Å². The summed E-state index contributed by atoms with van der Waals surface area (Å²) in [4.78, 5) is 7.05. The largest absolute Gasteiger partial charge is 0.357 e. The van der Waals surface area contributed by atoms with E-state index in [2.05, 4.69) is 65.0 Å². The lowest BCUT2D eigenvalue weighted by molar-refractivity contribution is 0.237. The van der Waals surface area contributed by atoms with Crippen LogP contribution in [0, 0.1) is 0 Å². The van der Waals surface area contributed by atoms with E-state index < -0.39 is 0 Å². The summed E-state index contributed by atoms with van der Waals surface area (Å²) in [6.45, 7) is 13.4. The highest BCUT2D eigenvalue weighted by Crippen LogP contribution is 2.06. The second kappa shape index (κ2) is 9.77. The van der Waals surface area contributed by atoms with Gasteiger partial charge in [-0.3, -0.25) is 4.90 Å². The first-order chi connectivity index (χ1) is 9.67. The molecular formula is C15H28N4S. The molecule has 0 saturated carbocycles. The Labute approximate surface area is 127 Å². The van der Waals surface area contributed by atoms with Gasteiger partial charge in [0, 0.05) is 25.7 Å². The van der Waals surface area contributed by atoms with Crippen LogP contribution in [0.15, 0.2) is 21.8 Å². The molecular weight excluding hydrogens is 268 g/mol. The van der Waals surface area contributed by atoms with Crippen molar-refractivity contribution in [3.8, 4) is 0 Å². The predicted molar refractivity (Wildman–Crippen MR) is 89.5 cm³/mol. The lowest BCUT2D eigenvalue weighted by Gasteiger charge is -2.25. The molecule has 0 unspecified atom stereocenters. The first-order valence-corrected chi connectivity index (χ1v) is 8.38. The molecule has 0 aliphatic rings. The van der Waals surface area contributed by atoms with Gasteiger partial charge in [-0.25, -0.2) is 4.99 Å². The standard InChI is InChI=1S/C15H28N4S/c1-5-16-15(18-11-14-7-10-20-12-14)17-8-9-19(6-2)13(3)4/h7,10,12-13H,5-6,8-9,11H2,1-4H3,(H2,16,17,18). The van der Waals surface area contributed by atoms with Gasteiger partial charge in [0.1, 0.15) is 0 Å². The predicted octanol–water partition coefficient (Wildman–Crippen LogP) is 2.53. The first-order valence-electron chi connectivity index (χ1n) is 7.44. The van der Waals surface area contributed by atoms with Crippen molar-refractivity contribution in [2.24, 2.45) is 4.99 Å². The van der Waals surface area contributed by atoms with Crippen molar-refractivity contribution < 1.29 is 0 Å². The molecule has 0 aliphatic heterocycles. The zero-order valence-corrected chi connectivity index (χ0v) is 14.0. The van der Waals surface area contributed by atoms with Gasteiger partial charge in [-0.2, -0.15) is 11.3 Å². The van der Waals surface area contributed by atoms with Crippen LogP contribution >= 0.6 is 11.3 Å². The normalized spacial score (nSPS) is 12.2. The Morgan fingerprint density at radius 1 is 1.35 bits per heavy atom. The van der Waals surface area contributed by atoms with Crippen LogP contribution < -0.4 is 10.6 Å².